The first-order valence-corrected chi connectivity index (χ1v) is 6.82. The Morgan fingerprint density at radius 3 is 2.67 bits per heavy atom. The smallest absolute Gasteiger partial charge is 0.306 e. The summed E-state index contributed by atoms with van der Waals surface area (Å²) < 4.78 is 0.792. The number of halogens is 1. The minimum Gasteiger partial charge on any atom is -0.306 e. The summed E-state index contributed by atoms with van der Waals surface area (Å²) >= 11 is 4.73. The molecular weight excluding hydrogens is 316 g/mol. The zero-order valence-corrected chi connectivity index (χ0v) is 11.4. The monoisotopic (exact) mass is 322 g/mol. The quantitative estimate of drug-likeness (QED) is 0.712. The Kier molecular flexibility index (Phi) is 2.68. The van der Waals surface area contributed by atoms with Crippen molar-refractivity contribution in [2.45, 2.75) is 0 Å². The molecule has 0 aliphatic rings. The minimum absolute atomic E-state index is 0.0548. The predicted octanol–water partition coefficient (Wildman–Crippen LogP) is 2.91. The van der Waals surface area contributed by atoms with E-state index in [-0.39, 0.29) is 11.5 Å². The number of ketones is 1. The standard InChI is InChI=1S/C12H7BrN2O2S/c13-7-3-4-18-11(7)10(16)6-1-2-8-9(5-6)15-12(17)14-8/h1-5H,(H2,14,15,17). The molecular formula is C12H7BrN2O2S. The van der Waals surface area contributed by atoms with Crippen LogP contribution in [0.1, 0.15) is 15.2 Å². The topological polar surface area (TPSA) is 65.7 Å². The lowest BCUT2D eigenvalue weighted by Gasteiger charge is -1.99. The van der Waals surface area contributed by atoms with Crippen LogP contribution in [0.15, 0.2) is 38.9 Å². The molecule has 0 aliphatic carbocycles. The number of rotatable bonds is 2. The van der Waals surface area contributed by atoms with Crippen molar-refractivity contribution in [1.82, 2.24) is 9.97 Å². The maximum Gasteiger partial charge on any atom is 0.323 e. The number of H-pyrrole nitrogens is 2. The summed E-state index contributed by atoms with van der Waals surface area (Å²) in [7, 11) is 0. The van der Waals surface area contributed by atoms with E-state index in [0.717, 1.165) is 4.47 Å². The maximum absolute atomic E-state index is 12.3. The second kappa shape index (κ2) is 4.22. The summed E-state index contributed by atoms with van der Waals surface area (Å²) in [6.45, 7) is 0. The highest BCUT2D eigenvalue weighted by Crippen LogP contribution is 2.26. The Balaban J connectivity index is 2.12. The lowest BCUT2D eigenvalue weighted by Crippen LogP contribution is -1.99. The zero-order chi connectivity index (χ0) is 12.7. The van der Waals surface area contributed by atoms with Gasteiger partial charge in [0.1, 0.15) is 0 Å². The maximum atomic E-state index is 12.3. The molecule has 3 rings (SSSR count). The van der Waals surface area contributed by atoms with Crippen LogP contribution in [0.4, 0.5) is 0 Å². The average molecular weight is 323 g/mol. The normalized spacial score (nSPS) is 10.9. The van der Waals surface area contributed by atoms with E-state index in [1.165, 1.54) is 11.3 Å². The average Bonchev–Trinajstić information content (AvgIpc) is 2.91. The van der Waals surface area contributed by atoms with Gasteiger partial charge in [0.05, 0.1) is 15.9 Å². The molecule has 90 valence electrons. The molecule has 0 saturated heterocycles. The third kappa shape index (κ3) is 1.83. The summed E-state index contributed by atoms with van der Waals surface area (Å²) in [5.74, 6) is -0.0548. The fraction of sp³-hybridized carbons (Fsp3) is 0. The van der Waals surface area contributed by atoms with E-state index in [4.69, 9.17) is 0 Å². The van der Waals surface area contributed by atoms with Crippen LogP contribution < -0.4 is 5.69 Å². The van der Waals surface area contributed by atoms with Crippen molar-refractivity contribution in [3.8, 4) is 0 Å². The van der Waals surface area contributed by atoms with Crippen molar-refractivity contribution in [1.29, 1.82) is 0 Å². The molecule has 0 bridgehead atoms. The second-order valence-corrected chi connectivity index (χ2v) is 5.54. The zero-order valence-electron chi connectivity index (χ0n) is 8.99. The van der Waals surface area contributed by atoms with Crippen LogP contribution in [0.25, 0.3) is 11.0 Å². The number of imidazole rings is 1. The van der Waals surface area contributed by atoms with Gasteiger partial charge in [-0.1, -0.05) is 0 Å². The predicted molar refractivity (Wildman–Crippen MR) is 74.4 cm³/mol. The largest absolute Gasteiger partial charge is 0.323 e. The van der Waals surface area contributed by atoms with E-state index in [1.54, 1.807) is 18.2 Å². The van der Waals surface area contributed by atoms with Gasteiger partial charge in [-0.05, 0) is 45.6 Å². The first-order chi connectivity index (χ1) is 8.65. The lowest BCUT2D eigenvalue weighted by atomic mass is 10.1. The molecule has 0 spiro atoms. The van der Waals surface area contributed by atoms with Crippen LogP contribution in [0.2, 0.25) is 0 Å². The van der Waals surface area contributed by atoms with Gasteiger partial charge < -0.3 is 9.97 Å². The number of carbonyl (C=O) groups is 1. The molecule has 0 aliphatic heterocycles. The molecule has 18 heavy (non-hydrogen) atoms. The molecule has 0 fully saturated rings. The summed E-state index contributed by atoms with van der Waals surface area (Å²) in [5.41, 5.74) is 1.62. The summed E-state index contributed by atoms with van der Waals surface area (Å²) in [4.78, 5) is 29.4. The molecule has 0 saturated carbocycles. The number of nitrogens with one attached hydrogen (secondary N) is 2. The van der Waals surface area contributed by atoms with Crippen LogP contribution in [0, 0.1) is 0 Å². The van der Waals surface area contributed by atoms with Gasteiger partial charge in [-0.3, -0.25) is 4.79 Å². The minimum atomic E-state index is -0.271. The molecule has 3 aromatic rings. The lowest BCUT2D eigenvalue weighted by molar-refractivity contribution is 0.104. The summed E-state index contributed by atoms with van der Waals surface area (Å²) in [6, 6.07) is 6.96. The van der Waals surface area contributed by atoms with Gasteiger partial charge in [-0.25, -0.2) is 4.79 Å². The van der Waals surface area contributed by atoms with E-state index in [9.17, 15) is 9.59 Å². The SMILES string of the molecule is O=C(c1ccc2[nH]c(=O)[nH]c2c1)c1sccc1Br. The molecule has 0 amide bonds. The van der Waals surface area contributed by atoms with E-state index in [0.29, 0.717) is 21.5 Å². The molecule has 2 aromatic heterocycles. The van der Waals surface area contributed by atoms with Gasteiger partial charge in [0.15, 0.2) is 0 Å². The van der Waals surface area contributed by atoms with Crippen molar-refractivity contribution >= 4 is 44.1 Å². The Morgan fingerprint density at radius 1 is 1.17 bits per heavy atom. The number of hydrogen-bond donors (Lipinski definition) is 2. The number of carbonyl (C=O) groups excluding carboxylic acids is 1. The molecule has 2 N–H and O–H groups in total. The van der Waals surface area contributed by atoms with Crippen molar-refractivity contribution in [3.63, 3.8) is 0 Å². The van der Waals surface area contributed by atoms with Crippen molar-refractivity contribution in [3.05, 3.63) is 55.0 Å². The van der Waals surface area contributed by atoms with Crippen LogP contribution in [-0.2, 0) is 0 Å². The van der Waals surface area contributed by atoms with Crippen molar-refractivity contribution < 1.29 is 4.79 Å². The third-order valence-corrected chi connectivity index (χ3v) is 4.44. The number of thiophene rings is 1. The molecule has 1 aromatic carbocycles. The van der Waals surface area contributed by atoms with Crippen LogP contribution in [-0.4, -0.2) is 15.8 Å². The molecule has 0 atom stereocenters. The number of aromatic nitrogens is 2. The van der Waals surface area contributed by atoms with E-state index in [2.05, 4.69) is 25.9 Å². The molecule has 0 unspecified atom stereocenters. The van der Waals surface area contributed by atoms with Crippen molar-refractivity contribution in [2.24, 2.45) is 0 Å². The summed E-state index contributed by atoms with van der Waals surface area (Å²) in [6.07, 6.45) is 0. The number of benzene rings is 1. The number of hydrogen-bond acceptors (Lipinski definition) is 3. The van der Waals surface area contributed by atoms with Crippen LogP contribution in [0.5, 0.6) is 0 Å². The molecule has 6 heteroatoms. The van der Waals surface area contributed by atoms with Gasteiger partial charge in [-0.2, -0.15) is 0 Å². The molecule has 4 nitrogen and oxygen atoms in total. The van der Waals surface area contributed by atoms with Crippen LogP contribution in [0.3, 0.4) is 0 Å². The Hall–Kier alpha value is -1.66. The second-order valence-electron chi connectivity index (χ2n) is 3.77. The van der Waals surface area contributed by atoms with Gasteiger partial charge in [-0.15, -0.1) is 11.3 Å². The Bertz CT molecular complexity index is 800. The molecule has 0 radical (unpaired) electrons. The highest BCUT2D eigenvalue weighted by Gasteiger charge is 2.14. The van der Waals surface area contributed by atoms with Gasteiger partial charge in [0.25, 0.3) is 0 Å². The Labute approximate surface area is 114 Å². The van der Waals surface area contributed by atoms with E-state index < -0.39 is 0 Å². The number of aromatic amines is 2. The third-order valence-electron chi connectivity index (χ3n) is 2.60. The first-order valence-electron chi connectivity index (χ1n) is 5.15. The first kappa shape index (κ1) is 11.4. The highest BCUT2D eigenvalue weighted by molar-refractivity contribution is 9.10. The summed E-state index contributed by atoms with van der Waals surface area (Å²) in [5, 5.41) is 1.86. The van der Waals surface area contributed by atoms with Gasteiger partial charge in [0.2, 0.25) is 5.78 Å². The molecule has 2 heterocycles. The van der Waals surface area contributed by atoms with Crippen LogP contribution >= 0.6 is 27.3 Å². The highest BCUT2D eigenvalue weighted by atomic mass is 79.9. The fourth-order valence-electron chi connectivity index (χ4n) is 1.76. The van der Waals surface area contributed by atoms with E-state index >= 15 is 0 Å². The van der Waals surface area contributed by atoms with Crippen molar-refractivity contribution in [2.75, 3.05) is 0 Å². The Morgan fingerprint density at radius 2 is 1.94 bits per heavy atom. The van der Waals surface area contributed by atoms with E-state index in [1.807, 2.05) is 11.4 Å². The van der Waals surface area contributed by atoms with Gasteiger partial charge in [0, 0.05) is 10.0 Å². The number of fused-ring (bicyclic) bond motifs is 1. The van der Waals surface area contributed by atoms with Gasteiger partial charge >= 0.3 is 5.69 Å². The fourth-order valence-corrected chi connectivity index (χ4v) is 3.27.